The molecule has 0 aliphatic rings. The van der Waals surface area contributed by atoms with Gasteiger partial charge in [-0.3, -0.25) is 4.79 Å². The summed E-state index contributed by atoms with van der Waals surface area (Å²) in [4.78, 5) is 15.6. The number of nitrogens with one attached hydrogen (secondary N) is 2. The zero-order valence-electron chi connectivity index (χ0n) is 9.80. The van der Waals surface area contributed by atoms with Crippen molar-refractivity contribution < 1.29 is 8.42 Å². The van der Waals surface area contributed by atoms with E-state index in [2.05, 4.69) is 15.0 Å². The van der Waals surface area contributed by atoms with E-state index >= 15 is 0 Å². The zero-order chi connectivity index (χ0) is 12.9. The largest absolute Gasteiger partial charge is 0.364 e. The first-order chi connectivity index (χ1) is 8.00. The number of nitrogens with zero attached hydrogens (tertiary/aromatic N) is 2. The first-order valence-electron chi connectivity index (χ1n) is 5.20. The summed E-state index contributed by atoms with van der Waals surface area (Å²) in [5.41, 5.74) is -0.253. The van der Waals surface area contributed by atoms with Crippen LogP contribution in [0.1, 0.15) is 6.92 Å². The highest BCUT2D eigenvalue weighted by atomic mass is 32.2. The van der Waals surface area contributed by atoms with E-state index in [-0.39, 0.29) is 23.7 Å². The summed E-state index contributed by atoms with van der Waals surface area (Å²) in [5.74, 6) is 0.0618. The number of sulfonamides is 1. The molecule has 0 unspecified atom stereocenters. The van der Waals surface area contributed by atoms with Crippen LogP contribution in [0.5, 0.6) is 0 Å². The first-order valence-corrected chi connectivity index (χ1v) is 6.86. The molecule has 1 aromatic heterocycles. The van der Waals surface area contributed by atoms with Crippen LogP contribution in [0.4, 0.5) is 5.82 Å². The summed E-state index contributed by atoms with van der Waals surface area (Å²) in [6, 6.07) is 0. The van der Waals surface area contributed by atoms with E-state index < -0.39 is 10.0 Å². The molecular weight excluding hydrogens is 244 g/mol. The minimum absolute atomic E-state index is 0.106. The Bertz CT molecular complexity index is 523. The highest BCUT2D eigenvalue weighted by Crippen LogP contribution is 1.93. The number of anilines is 1. The number of aromatic nitrogens is 2. The molecule has 0 fully saturated rings. The molecule has 2 N–H and O–H groups in total. The van der Waals surface area contributed by atoms with Crippen LogP contribution in [-0.4, -0.2) is 37.3 Å². The van der Waals surface area contributed by atoms with E-state index in [1.807, 2.05) is 6.92 Å². The van der Waals surface area contributed by atoms with Gasteiger partial charge in [-0.1, -0.05) is 0 Å². The van der Waals surface area contributed by atoms with Gasteiger partial charge in [0.25, 0.3) is 5.56 Å². The number of hydrogen-bond donors (Lipinski definition) is 2. The van der Waals surface area contributed by atoms with Crippen molar-refractivity contribution in [3.8, 4) is 0 Å². The Morgan fingerprint density at radius 1 is 1.47 bits per heavy atom. The van der Waals surface area contributed by atoms with Crippen molar-refractivity contribution in [1.29, 1.82) is 0 Å². The van der Waals surface area contributed by atoms with Gasteiger partial charge in [0.15, 0.2) is 5.82 Å². The van der Waals surface area contributed by atoms with Crippen molar-refractivity contribution in [2.45, 2.75) is 13.5 Å². The van der Waals surface area contributed by atoms with Crippen molar-refractivity contribution in [2.24, 2.45) is 0 Å². The van der Waals surface area contributed by atoms with E-state index in [0.29, 0.717) is 6.54 Å². The third-order valence-corrected chi connectivity index (χ3v) is 3.59. The maximum absolute atomic E-state index is 11.7. The van der Waals surface area contributed by atoms with E-state index in [9.17, 15) is 13.2 Å². The van der Waals surface area contributed by atoms with Crippen molar-refractivity contribution in [3.63, 3.8) is 0 Å². The van der Waals surface area contributed by atoms with Gasteiger partial charge in [-0.15, -0.1) is 0 Å². The molecule has 96 valence electrons. The molecule has 0 bridgehead atoms. The summed E-state index contributed by atoms with van der Waals surface area (Å²) >= 11 is 0. The SMILES string of the molecule is CCn1ccnc(NCCS(=O)(=O)NC)c1=O. The van der Waals surface area contributed by atoms with Crippen LogP contribution >= 0.6 is 0 Å². The lowest BCUT2D eigenvalue weighted by molar-refractivity contribution is 0.588. The quantitative estimate of drug-likeness (QED) is 0.700. The summed E-state index contributed by atoms with van der Waals surface area (Å²) < 4.78 is 26.0. The predicted molar refractivity (Wildman–Crippen MR) is 65.5 cm³/mol. The minimum atomic E-state index is -3.27. The lowest BCUT2D eigenvalue weighted by Crippen LogP contribution is -2.29. The standard InChI is InChI=1S/C9H16N4O3S/c1-3-13-6-4-11-8(9(13)14)12-5-7-17(15,16)10-2/h4,6,10H,3,5,7H2,1-2H3,(H,11,12). The molecule has 7 nitrogen and oxygen atoms in total. The van der Waals surface area contributed by atoms with Gasteiger partial charge in [-0.25, -0.2) is 18.1 Å². The van der Waals surface area contributed by atoms with Gasteiger partial charge in [-0.2, -0.15) is 0 Å². The highest BCUT2D eigenvalue weighted by molar-refractivity contribution is 7.89. The highest BCUT2D eigenvalue weighted by Gasteiger charge is 2.08. The van der Waals surface area contributed by atoms with Crippen molar-refractivity contribution >= 4 is 15.8 Å². The molecule has 0 aliphatic heterocycles. The predicted octanol–water partition coefficient (Wildman–Crippen LogP) is -0.776. The lowest BCUT2D eigenvalue weighted by Gasteiger charge is -2.07. The molecule has 0 amide bonds. The van der Waals surface area contributed by atoms with Crippen molar-refractivity contribution in [3.05, 3.63) is 22.7 Å². The van der Waals surface area contributed by atoms with Crippen LogP contribution in [0, 0.1) is 0 Å². The average molecular weight is 260 g/mol. The van der Waals surface area contributed by atoms with Gasteiger partial charge in [0, 0.05) is 25.5 Å². The van der Waals surface area contributed by atoms with Crippen LogP contribution in [-0.2, 0) is 16.6 Å². The Morgan fingerprint density at radius 3 is 2.76 bits per heavy atom. The van der Waals surface area contributed by atoms with E-state index in [4.69, 9.17) is 0 Å². The van der Waals surface area contributed by atoms with Gasteiger partial charge in [0.2, 0.25) is 10.0 Å². The van der Waals surface area contributed by atoms with Gasteiger partial charge < -0.3 is 9.88 Å². The molecule has 0 aliphatic carbocycles. The third-order valence-electron chi connectivity index (χ3n) is 2.23. The zero-order valence-corrected chi connectivity index (χ0v) is 10.6. The monoisotopic (exact) mass is 260 g/mol. The molecule has 1 aromatic rings. The van der Waals surface area contributed by atoms with E-state index in [0.717, 1.165) is 0 Å². The average Bonchev–Trinajstić information content (AvgIpc) is 2.31. The second-order valence-corrected chi connectivity index (χ2v) is 5.36. The van der Waals surface area contributed by atoms with Gasteiger partial charge >= 0.3 is 0 Å². The summed E-state index contributed by atoms with van der Waals surface area (Å²) in [5, 5.41) is 2.71. The van der Waals surface area contributed by atoms with Crippen molar-refractivity contribution in [1.82, 2.24) is 14.3 Å². The molecule has 1 heterocycles. The maximum atomic E-state index is 11.7. The Labute approximate surface area is 99.9 Å². The molecular formula is C9H16N4O3S. The van der Waals surface area contributed by atoms with Crippen molar-refractivity contribution in [2.75, 3.05) is 24.7 Å². The Kier molecular flexibility index (Phi) is 4.64. The molecule has 1 rings (SSSR count). The number of aryl methyl sites for hydroxylation is 1. The van der Waals surface area contributed by atoms with Gasteiger partial charge in [0.1, 0.15) is 0 Å². The minimum Gasteiger partial charge on any atom is -0.364 e. The molecule has 17 heavy (non-hydrogen) atoms. The van der Waals surface area contributed by atoms with E-state index in [1.54, 1.807) is 6.20 Å². The van der Waals surface area contributed by atoms with Gasteiger partial charge in [0.05, 0.1) is 5.75 Å². The summed E-state index contributed by atoms with van der Waals surface area (Å²) in [6.07, 6.45) is 3.08. The molecule has 0 spiro atoms. The lowest BCUT2D eigenvalue weighted by atomic mass is 10.5. The normalized spacial score (nSPS) is 11.4. The summed E-state index contributed by atoms with van der Waals surface area (Å²) in [7, 11) is -1.92. The van der Waals surface area contributed by atoms with Crippen LogP contribution in [0.2, 0.25) is 0 Å². The molecule has 0 atom stereocenters. The summed E-state index contributed by atoms with van der Waals surface area (Å²) in [6.45, 7) is 2.53. The third kappa shape index (κ3) is 3.82. The van der Waals surface area contributed by atoms with Gasteiger partial charge in [-0.05, 0) is 14.0 Å². The number of hydrogen-bond acceptors (Lipinski definition) is 5. The molecule has 0 saturated carbocycles. The smallest absolute Gasteiger partial charge is 0.293 e. The Balaban J connectivity index is 2.68. The van der Waals surface area contributed by atoms with Crippen LogP contribution < -0.4 is 15.6 Å². The number of rotatable bonds is 6. The molecule has 8 heteroatoms. The fraction of sp³-hybridized carbons (Fsp3) is 0.556. The Morgan fingerprint density at radius 2 is 2.18 bits per heavy atom. The molecule has 0 saturated heterocycles. The van der Waals surface area contributed by atoms with Crippen LogP contribution in [0.15, 0.2) is 17.2 Å². The second-order valence-electron chi connectivity index (χ2n) is 3.32. The second kappa shape index (κ2) is 5.78. The van der Waals surface area contributed by atoms with Crippen LogP contribution in [0.3, 0.4) is 0 Å². The van der Waals surface area contributed by atoms with E-state index in [1.165, 1.54) is 17.8 Å². The first kappa shape index (κ1) is 13.7. The fourth-order valence-corrected chi connectivity index (χ4v) is 1.80. The molecule has 0 radical (unpaired) electrons. The fourth-order valence-electron chi connectivity index (χ4n) is 1.22. The maximum Gasteiger partial charge on any atom is 0.293 e. The topological polar surface area (TPSA) is 93.1 Å². The Hall–Kier alpha value is -1.41. The molecule has 0 aromatic carbocycles. The van der Waals surface area contributed by atoms with Crippen LogP contribution in [0.25, 0.3) is 0 Å².